The summed E-state index contributed by atoms with van der Waals surface area (Å²) in [6.45, 7) is 4.74. The van der Waals surface area contributed by atoms with Gasteiger partial charge in [-0.05, 0) is 25.3 Å². The number of sulfonamides is 1. The molecule has 0 fully saturated rings. The minimum atomic E-state index is -3.87. The van der Waals surface area contributed by atoms with E-state index < -0.39 is 21.0 Å². The number of aryl methyl sites for hydroxylation is 1. The molecule has 1 aromatic rings. The highest BCUT2D eigenvalue weighted by Crippen LogP contribution is 2.22. The number of nitrogens with one attached hydrogen (secondary N) is 1. The number of nitrogens with zero attached hydrogens (tertiary/aromatic N) is 1. The normalized spacial score (nSPS) is 14.8. The molecule has 0 heterocycles. The highest BCUT2D eigenvalue weighted by atomic mass is 32.2. The fourth-order valence-corrected chi connectivity index (χ4v) is 3.19. The SMILES string of the molecule is Cc1ccc([N+](=O)[O-])cc1S(=O)(=O)NC(C)C(C)CO. The van der Waals surface area contributed by atoms with E-state index in [-0.39, 0.29) is 23.1 Å². The van der Waals surface area contributed by atoms with Crippen LogP contribution in [-0.2, 0) is 10.0 Å². The number of nitro benzene ring substituents is 1. The van der Waals surface area contributed by atoms with Gasteiger partial charge in [-0.3, -0.25) is 10.1 Å². The van der Waals surface area contributed by atoms with Crippen LogP contribution in [0.25, 0.3) is 0 Å². The van der Waals surface area contributed by atoms with Crippen LogP contribution in [0.4, 0.5) is 5.69 Å². The third-order valence-electron chi connectivity index (χ3n) is 3.15. The second kappa shape index (κ2) is 6.29. The molecule has 0 aliphatic heterocycles. The highest BCUT2D eigenvalue weighted by molar-refractivity contribution is 7.89. The Balaban J connectivity index is 3.15. The van der Waals surface area contributed by atoms with Crippen LogP contribution in [0, 0.1) is 23.0 Å². The number of rotatable bonds is 6. The Hall–Kier alpha value is -1.51. The van der Waals surface area contributed by atoms with Gasteiger partial charge in [-0.2, -0.15) is 0 Å². The molecule has 0 aliphatic carbocycles. The summed E-state index contributed by atoms with van der Waals surface area (Å²) in [6, 6.07) is 3.21. The van der Waals surface area contributed by atoms with Gasteiger partial charge in [0, 0.05) is 24.8 Å². The molecule has 0 spiro atoms. The highest BCUT2D eigenvalue weighted by Gasteiger charge is 2.24. The first-order chi connectivity index (χ1) is 9.19. The Labute approximate surface area is 117 Å². The van der Waals surface area contributed by atoms with E-state index in [9.17, 15) is 18.5 Å². The number of aliphatic hydroxyl groups is 1. The molecule has 0 aromatic heterocycles. The topological polar surface area (TPSA) is 110 Å². The van der Waals surface area contributed by atoms with Gasteiger partial charge >= 0.3 is 0 Å². The molecule has 20 heavy (non-hydrogen) atoms. The predicted octanol–water partition coefficient (Wildman–Crippen LogP) is 1.20. The number of nitro groups is 1. The molecule has 112 valence electrons. The van der Waals surface area contributed by atoms with Crippen molar-refractivity contribution in [2.24, 2.45) is 5.92 Å². The first-order valence-corrected chi connectivity index (χ1v) is 7.55. The first kappa shape index (κ1) is 16.5. The summed E-state index contributed by atoms with van der Waals surface area (Å²) in [6.07, 6.45) is 0. The minimum Gasteiger partial charge on any atom is -0.396 e. The fraction of sp³-hybridized carbons (Fsp3) is 0.500. The molecule has 8 heteroatoms. The van der Waals surface area contributed by atoms with E-state index in [1.54, 1.807) is 20.8 Å². The number of hydrogen-bond acceptors (Lipinski definition) is 5. The van der Waals surface area contributed by atoms with E-state index in [4.69, 9.17) is 5.11 Å². The van der Waals surface area contributed by atoms with Crippen molar-refractivity contribution in [1.82, 2.24) is 4.72 Å². The predicted molar refractivity (Wildman–Crippen MR) is 73.9 cm³/mol. The van der Waals surface area contributed by atoms with E-state index in [2.05, 4.69) is 4.72 Å². The molecule has 0 amide bonds. The second-order valence-electron chi connectivity index (χ2n) is 4.78. The number of aliphatic hydroxyl groups excluding tert-OH is 1. The summed E-state index contributed by atoms with van der Waals surface area (Å²) in [7, 11) is -3.87. The Morgan fingerprint density at radius 3 is 2.50 bits per heavy atom. The lowest BCUT2D eigenvalue weighted by Crippen LogP contribution is -2.38. The molecule has 0 saturated carbocycles. The first-order valence-electron chi connectivity index (χ1n) is 6.07. The second-order valence-corrected chi connectivity index (χ2v) is 6.46. The van der Waals surface area contributed by atoms with Crippen LogP contribution in [0.3, 0.4) is 0 Å². The molecule has 0 saturated heterocycles. The zero-order chi connectivity index (χ0) is 15.5. The standard InChI is InChI=1S/C12H18N2O5S/c1-8-4-5-11(14(16)17)6-12(8)20(18,19)13-10(3)9(2)7-15/h4-6,9-10,13,15H,7H2,1-3H3. The summed E-state index contributed by atoms with van der Waals surface area (Å²) < 4.78 is 26.9. The third kappa shape index (κ3) is 3.75. The van der Waals surface area contributed by atoms with Gasteiger partial charge in [-0.15, -0.1) is 0 Å². The molecule has 1 aromatic carbocycles. The molecule has 7 nitrogen and oxygen atoms in total. The maximum absolute atomic E-state index is 12.2. The van der Waals surface area contributed by atoms with Gasteiger partial charge in [-0.25, -0.2) is 13.1 Å². The lowest BCUT2D eigenvalue weighted by Gasteiger charge is -2.19. The maximum Gasteiger partial charge on any atom is 0.270 e. The van der Waals surface area contributed by atoms with Gasteiger partial charge in [0.2, 0.25) is 10.0 Å². The average Bonchev–Trinajstić information content (AvgIpc) is 2.37. The fourth-order valence-electron chi connectivity index (χ4n) is 1.57. The molecule has 2 atom stereocenters. The zero-order valence-corrected chi connectivity index (χ0v) is 12.3. The van der Waals surface area contributed by atoms with Gasteiger partial charge in [0.05, 0.1) is 9.82 Å². The van der Waals surface area contributed by atoms with Crippen molar-refractivity contribution >= 4 is 15.7 Å². The molecule has 0 aliphatic rings. The van der Waals surface area contributed by atoms with Crippen molar-refractivity contribution in [3.63, 3.8) is 0 Å². The quantitative estimate of drug-likeness (QED) is 0.606. The van der Waals surface area contributed by atoms with Gasteiger partial charge in [-0.1, -0.05) is 13.0 Å². The van der Waals surface area contributed by atoms with Crippen LogP contribution in [0.15, 0.2) is 23.1 Å². The Morgan fingerprint density at radius 2 is 2.00 bits per heavy atom. The summed E-state index contributed by atoms with van der Waals surface area (Å²) in [5, 5.41) is 19.7. The van der Waals surface area contributed by atoms with Crippen LogP contribution in [0.5, 0.6) is 0 Å². The zero-order valence-electron chi connectivity index (χ0n) is 11.5. The van der Waals surface area contributed by atoms with Crippen molar-refractivity contribution in [2.45, 2.75) is 31.7 Å². The monoisotopic (exact) mass is 302 g/mol. The van der Waals surface area contributed by atoms with Crippen LogP contribution in [0.2, 0.25) is 0 Å². The largest absolute Gasteiger partial charge is 0.396 e. The van der Waals surface area contributed by atoms with Gasteiger partial charge in [0.1, 0.15) is 0 Å². The number of hydrogen-bond donors (Lipinski definition) is 2. The van der Waals surface area contributed by atoms with Crippen molar-refractivity contribution in [2.75, 3.05) is 6.61 Å². The molecule has 2 N–H and O–H groups in total. The molecular weight excluding hydrogens is 284 g/mol. The van der Waals surface area contributed by atoms with E-state index >= 15 is 0 Å². The van der Waals surface area contributed by atoms with Crippen LogP contribution in [-0.4, -0.2) is 31.1 Å². The molecule has 1 rings (SSSR count). The third-order valence-corrected chi connectivity index (χ3v) is 4.86. The van der Waals surface area contributed by atoms with Crippen molar-refractivity contribution in [3.05, 3.63) is 33.9 Å². The van der Waals surface area contributed by atoms with Crippen molar-refractivity contribution in [1.29, 1.82) is 0 Å². The Morgan fingerprint density at radius 1 is 1.40 bits per heavy atom. The van der Waals surface area contributed by atoms with Crippen molar-refractivity contribution < 1.29 is 18.4 Å². The Kier molecular flexibility index (Phi) is 5.21. The lowest BCUT2D eigenvalue weighted by molar-refractivity contribution is -0.385. The van der Waals surface area contributed by atoms with Crippen molar-refractivity contribution in [3.8, 4) is 0 Å². The maximum atomic E-state index is 12.2. The van der Waals surface area contributed by atoms with Gasteiger partial charge < -0.3 is 5.11 Å². The van der Waals surface area contributed by atoms with Crippen LogP contribution in [0.1, 0.15) is 19.4 Å². The summed E-state index contributed by atoms with van der Waals surface area (Å²) in [5.74, 6) is -0.260. The lowest BCUT2D eigenvalue weighted by atomic mass is 10.1. The van der Waals surface area contributed by atoms with E-state index in [1.807, 2.05) is 0 Å². The summed E-state index contributed by atoms with van der Waals surface area (Å²) in [5.41, 5.74) is 0.144. The van der Waals surface area contributed by atoms with E-state index in [1.165, 1.54) is 12.1 Å². The molecule has 0 radical (unpaired) electrons. The molecule has 0 bridgehead atoms. The van der Waals surface area contributed by atoms with E-state index in [0.717, 1.165) is 6.07 Å². The Bertz CT molecular complexity index is 600. The van der Waals surface area contributed by atoms with E-state index in [0.29, 0.717) is 5.56 Å². The van der Waals surface area contributed by atoms with Crippen LogP contribution >= 0.6 is 0 Å². The van der Waals surface area contributed by atoms with Gasteiger partial charge in [0.15, 0.2) is 0 Å². The molecule has 2 unspecified atom stereocenters. The van der Waals surface area contributed by atoms with Crippen LogP contribution < -0.4 is 4.72 Å². The average molecular weight is 302 g/mol. The number of non-ortho nitro benzene ring substituents is 1. The van der Waals surface area contributed by atoms with Gasteiger partial charge in [0.25, 0.3) is 5.69 Å². The summed E-state index contributed by atoms with van der Waals surface area (Å²) in [4.78, 5) is 9.96. The minimum absolute atomic E-state index is 0.122. The molecular formula is C12H18N2O5S. The number of benzene rings is 1. The summed E-state index contributed by atoms with van der Waals surface area (Å²) >= 11 is 0. The smallest absolute Gasteiger partial charge is 0.270 e.